The number of aliphatic hydroxyl groups is 1. The lowest BCUT2D eigenvalue weighted by atomic mass is 9.84. The number of hydrogen-bond donors (Lipinski definition) is 2. The topological polar surface area (TPSA) is 99.2 Å². The zero-order valence-corrected chi connectivity index (χ0v) is 20.7. The number of nitrogens with one attached hydrogen (secondary N) is 1. The van der Waals surface area contributed by atoms with Crippen molar-refractivity contribution in [1.82, 2.24) is 14.5 Å². The molecule has 3 heterocycles. The zero-order valence-electron chi connectivity index (χ0n) is 19.9. The van der Waals surface area contributed by atoms with Crippen molar-refractivity contribution in [2.75, 3.05) is 33.3 Å². The standard InChI is InChI=1S/C25H29F2N3O5S/c1-29-9-6-25(7-10-29)8-11-35-22-12-16(19-4-3-17(26)13-20(19)27)2-5-23(22)36(33,34)30-15-18(31)14-21(30)24(32)28-25/h2-5,12-13,18,21,31H,6-11,14-15H2,1H3,(H,28,32)/t18-,21+/m1/s1. The van der Waals surface area contributed by atoms with Crippen LogP contribution in [0, 0.1) is 11.6 Å². The normalized spacial score (nSPS) is 26.4. The number of fused-ring (bicyclic) bond motifs is 2. The van der Waals surface area contributed by atoms with Crippen molar-refractivity contribution in [3.05, 3.63) is 48.0 Å². The van der Waals surface area contributed by atoms with E-state index in [-0.39, 0.29) is 35.8 Å². The van der Waals surface area contributed by atoms with Crippen LogP contribution in [0.2, 0.25) is 0 Å². The molecule has 0 aromatic heterocycles. The molecule has 0 unspecified atom stereocenters. The van der Waals surface area contributed by atoms with Gasteiger partial charge in [0, 0.05) is 49.6 Å². The van der Waals surface area contributed by atoms with Gasteiger partial charge in [0.1, 0.15) is 28.3 Å². The number of carbonyl (C=O) groups is 1. The fraction of sp³-hybridized carbons (Fsp3) is 0.480. The molecule has 0 bridgehead atoms. The third-order valence-electron chi connectivity index (χ3n) is 7.48. The summed E-state index contributed by atoms with van der Waals surface area (Å²) >= 11 is 0. The second-order valence-corrected chi connectivity index (χ2v) is 11.8. The summed E-state index contributed by atoms with van der Waals surface area (Å²) in [5, 5.41) is 13.4. The van der Waals surface area contributed by atoms with Gasteiger partial charge in [0.2, 0.25) is 15.9 Å². The van der Waals surface area contributed by atoms with Gasteiger partial charge in [-0.2, -0.15) is 4.31 Å². The van der Waals surface area contributed by atoms with Crippen LogP contribution in [0.25, 0.3) is 11.1 Å². The molecule has 194 valence electrons. The molecule has 0 radical (unpaired) electrons. The van der Waals surface area contributed by atoms with Crippen LogP contribution in [0.5, 0.6) is 5.75 Å². The second-order valence-electron chi connectivity index (χ2n) is 9.94. The van der Waals surface area contributed by atoms with Crippen molar-refractivity contribution in [3.8, 4) is 16.9 Å². The Kier molecular flexibility index (Phi) is 6.52. The lowest BCUT2D eigenvalue weighted by molar-refractivity contribution is -0.127. The highest BCUT2D eigenvalue weighted by Gasteiger charge is 2.47. The average molecular weight is 522 g/mol. The summed E-state index contributed by atoms with van der Waals surface area (Å²) in [6.45, 7) is 1.44. The number of carbonyl (C=O) groups excluding carboxylic acids is 1. The van der Waals surface area contributed by atoms with E-state index < -0.39 is 45.2 Å². The third-order valence-corrected chi connectivity index (χ3v) is 9.39. The fourth-order valence-electron chi connectivity index (χ4n) is 5.32. The van der Waals surface area contributed by atoms with Crippen LogP contribution < -0.4 is 10.1 Å². The fourth-order valence-corrected chi connectivity index (χ4v) is 7.07. The summed E-state index contributed by atoms with van der Waals surface area (Å²) in [6, 6.07) is 6.29. The van der Waals surface area contributed by atoms with Crippen molar-refractivity contribution >= 4 is 15.9 Å². The molecule has 2 N–H and O–H groups in total. The number of piperidine rings is 1. The Morgan fingerprint density at radius 3 is 2.58 bits per heavy atom. The SMILES string of the molecule is CN1CCC2(CCOc3cc(-c4ccc(F)cc4F)ccc3S(=O)(=O)N3C[C@H](O)C[C@H]3C(=O)N2)CC1. The minimum Gasteiger partial charge on any atom is -0.492 e. The molecule has 1 amide bonds. The minimum absolute atomic E-state index is 0.00386. The molecule has 2 saturated heterocycles. The molecule has 1 spiro atoms. The summed E-state index contributed by atoms with van der Waals surface area (Å²) in [4.78, 5) is 15.4. The van der Waals surface area contributed by atoms with Crippen molar-refractivity contribution in [2.24, 2.45) is 0 Å². The predicted octanol–water partition coefficient (Wildman–Crippen LogP) is 2.12. The summed E-state index contributed by atoms with van der Waals surface area (Å²) in [7, 11) is -2.24. The van der Waals surface area contributed by atoms with Gasteiger partial charge in [-0.3, -0.25) is 4.79 Å². The van der Waals surface area contributed by atoms with Crippen LogP contribution in [-0.4, -0.2) is 79.6 Å². The largest absolute Gasteiger partial charge is 0.492 e. The quantitative estimate of drug-likeness (QED) is 0.597. The predicted molar refractivity (Wildman–Crippen MR) is 128 cm³/mol. The first-order valence-electron chi connectivity index (χ1n) is 12.0. The van der Waals surface area contributed by atoms with Gasteiger partial charge < -0.3 is 20.1 Å². The second kappa shape index (κ2) is 9.37. The van der Waals surface area contributed by atoms with E-state index in [4.69, 9.17) is 4.74 Å². The third kappa shape index (κ3) is 4.60. The number of aliphatic hydroxyl groups excluding tert-OH is 1. The number of rotatable bonds is 1. The van der Waals surface area contributed by atoms with Gasteiger partial charge in [0.15, 0.2) is 0 Å². The van der Waals surface area contributed by atoms with Gasteiger partial charge in [-0.15, -0.1) is 0 Å². The molecule has 0 aliphatic carbocycles. The van der Waals surface area contributed by atoms with E-state index >= 15 is 0 Å². The highest BCUT2D eigenvalue weighted by atomic mass is 32.2. The van der Waals surface area contributed by atoms with Crippen LogP contribution >= 0.6 is 0 Å². The molecular formula is C25H29F2N3O5S. The number of ether oxygens (including phenoxy) is 1. The van der Waals surface area contributed by atoms with Gasteiger partial charge in [-0.25, -0.2) is 17.2 Å². The minimum atomic E-state index is -4.24. The monoisotopic (exact) mass is 521 g/mol. The van der Waals surface area contributed by atoms with Crippen molar-refractivity contribution in [2.45, 2.75) is 48.3 Å². The molecule has 3 aliphatic heterocycles. The molecule has 2 aromatic carbocycles. The molecule has 36 heavy (non-hydrogen) atoms. The number of halogens is 2. The maximum absolute atomic E-state index is 14.5. The number of benzene rings is 2. The van der Waals surface area contributed by atoms with Gasteiger partial charge in [0.05, 0.1) is 12.7 Å². The molecule has 5 rings (SSSR count). The van der Waals surface area contributed by atoms with Crippen molar-refractivity contribution < 1.29 is 31.8 Å². The molecule has 3 aliphatic rings. The van der Waals surface area contributed by atoms with Gasteiger partial charge in [-0.05, 0) is 49.7 Å². The Bertz CT molecular complexity index is 1280. The number of sulfonamides is 1. The highest BCUT2D eigenvalue weighted by molar-refractivity contribution is 7.89. The molecule has 2 fully saturated rings. The van der Waals surface area contributed by atoms with Crippen LogP contribution in [0.15, 0.2) is 41.3 Å². The molecule has 2 aromatic rings. The van der Waals surface area contributed by atoms with Crippen LogP contribution in [0.1, 0.15) is 25.7 Å². The van der Waals surface area contributed by atoms with E-state index in [0.29, 0.717) is 24.8 Å². The number of hydrogen-bond acceptors (Lipinski definition) is 6. The van der Waals surface area contributed by atoms with Crippen molar-refractivity contribution in [3.63, 3.8) is 0 Å². The zero-order chi connectivity index (χ0) is 25.7. The maximum Gasteiger partial charge on any atom is 0.247 e. The van der Waals surface area contributed by atoms with E-state index in [2.05, 4.69) is 10.2 Å². The first kappa shape index (κ1) is 25.1. The number of amides is 1. The van der Waals surface area contributed by atoms with Gasteiger partial charge in [0.25, 0.3) is 0 Å². The van der Waals surface area contributed by atoms with E-state index in [1.807, 2.05) is 7.05 Å². The van der Waals surface area contributed by atoms with Gasteiger partial charge in [-0.1, -0.05) is 6.07 Å². The summed E-state index contributed by atoms with van der Waals surface area (Å²) in [5.41, 5.74) is -0.136. The lowest BCUT2D eigenvalue weighted by Gasteiger charge is -2.42. The Morgan fingerprint density at radius 2 is 1.86 bits per heavy atom. The Balaban J connectivity index is 1.59. The van der Waals surface area contributed by atoms with E-state index in [9.17, 15) is 27.1 Å². The van der Waals surface area contributed by atoms with Crippen LogP contribution in [-0.2, 0) is 14.8 Å². The molecule has 8 nitrogen and oxygen atoms in total. The smallest absolute Gasteiger partial charge is 0.247 e. The lowest BCUT2D eigenvalue weighted by Crippen LogP contribution is -2.58. The average Bonchev–Trinajstić information content (AvgIpc) is 3.23. The van der Waals surface area contributed by atoms with Gasteiger partial charge >= 0.3 is 0 Å². The molecule has 0 saturated carbocycles. The molecule has 11 heteroatoms. The van der Waals surface area contributed by atoms with E-state index in [0.717, 1.165) is 29.5 Å². The van der Waals surface area contributed by atoms with Crippen LogP contribution in [0.3, 0.4) is 0 Å². The summed E-state index contributed by atoms with van der Waals surface area (Å²) < 4.78 is 62.4. The first-order chi connectivity index (χ1) is 17.1. The Labute approximate surface area is 208 Å². The highest BCUT2D eigenvalue weighted by Crippen LogP contribution is 2.37. The first-order valence-corrected chi connectivity index (χ1v) is 13.4. The van der Waals surface area contributed by atoms with E-state index in [1.54, 1.807) is 0 Å². The molecule has 2 atom stereocenters. The summed E-state index contributed by atoms with van der Waals surface area (Å²) in [6.07, 6.45) is 0.818. The molecular weight excluding hydrogens is 492 g/mol. The van der Waals surface area contributed by atoms with E-state index in [1.165, 1.54) is 24.3 Å². The Hall–Kier alpha value is -2.60. The number of nitrogens with zero attached hydrogens (tertiary/aromatic N) is 2. The van der Waals surface area contributed by atoms with Crippen molar-refractivity contribution in [1.29, 1.82) is 0 Å². The maximum atomic E-state index is 14.5. The summed E-state index contributed by atoms with van der Waals surface area (Å²) in [5.74, 6) is -1.90. The number of likely N-dealkylation sites (tertiary alicyclic amines) is 1. The Morgan fingerprint density at radius 1 is 1.11 bits per heavy atom. The van der Waals surface area contributed by atoms with Crippen LogP contribution in [0.4, 0.5) is 8.78 Å².